The Balaban J connectivity index is 0.00000432. The predicted octanol–water partition coefficient (Wildman–Crippen LogP) is 0.945. The van der Waals surface area contributed by atoms with Crippen molar-refractivity contribution in [2.75, 3.05) is 11.9 Å². The number of thiophene rings is 1. The number of rotatable bonds is 8. The Morgan fingerprint density at radius 1 is 1.17 bits per heavy atom. The molecule has 0 aliphatic heterocycles. The first-order chi connectivity index (χ1) is 16.4. The molecule has 1 N–H and O–H groups in total. The molecule has 0 saturated heterocycles. The summed E-state index contributed by atoms with van der Waals surface area (Å²) in [4.78, 5) is 26.2. The predicted molar refractivity (Wildman–Crippen MR) is 127 cm³/mol. The molecular weight excluding hydrogens is 489 g/mol. The van der Waals surface area contributed by atoms with Gasteiger partial charge in [-0.2, -0.15) is 10.5 Å². The maximum absolute atomic E-state index is 13.2. The van der Waals surface area contributed by atoms with Crippen molar-refractivity contribution in [2.24, 2.45) is 0 Å². The van der Waals surface area contributed by atoms with Gasteiger partial charge in [-0.05, 0) is 50.2 Å². The second kappa shape index (κ2) is 13.7. The van der Waals surface area contributed by atoms with Crippen LogP contribution in [0.25, 0.3) is 0 Å². The maximum Gasteiger partial charge on any atom is 1.00 e. The first-order valence-electron chi connectivity index (χ1n) is 11.1. The first kappa shape index (κ1) is 29.0. The number of nitrogens with zero attached hydrogens (tertiary/aromatic N) is 2. The van der Waals surface area contributed by atoms with Gasteiger partial charge in [0.15, 0.2) is 5.78 Å². The summed E-state index contributed by atoms with van der Waals surface area (Å²) < 4.78 is 4.83. The number of hydrogen-bond acceptors (Lipinski definition) is 8. The third-order valence-corrected chi connectivity index (χ3v) is 6.72. The molecular formula is C26H24KN3O4S. The zero-order chi connectivity index (χ0) is 24.7. The Bertz CT molecular complexity index is 1250. The Labute approximate surface area is 251 Å². The van der Waals surface area contributed by atoms with Gasteiger partial charge in [0.2, 0.25) is 0 Å². The number of carbonyl (C=O) groups excluding carboxylic acids is 2. The number of aryl methyl sites for hydroxylation is 2. The third-order valence-electron chi connectivity index (χ3n) is 5.52. The third kappa shape index (κ3) is 6.92. The molecule has 1 aliphatic carbocycles. The summed E-state index contributed by atoms with van der Waals surface area (Å²) in [7, 11) is 0. The molecule has 1 heterocycles. The van der Waals surface area contributed by atoms with Crippen LogP contribution in [0.2, 0.25) is 0 Å². The van der Waals surface area contributed by atoms with Crippen LogP contribution in [0.5, 0.6) is 0 Å². The Morgan fingerprint density at radius 2 is 1.86 bits per heavy atom. The minimum atomic E-state index is -1.06. The van der Waals surface area contributed by atoms with E-state index in [-0.39, 0.29) is 63.7 Å². The molecule has 35 heavy (non-hydrogen) atoms. The van der Waals surface area contributed by atoms with Gasteiger partial charge in [0.1, 0.15) is 22.7 Å². The summed E-state index contributed by atoms with van der Waals surface area (Å²) in [5, 5.41) is 35.7. The van der Waals surface area contributed by atoms with E-state index < -0.39 is 23.1 Å². The summed E-state index contributed by atoms with van der Waals surface area (Å²) in [6.45, 7) is 3.55. The van der Waals surface area contributed by atoms with Crippen molar-refractivity contribution in [1.29, 1.82) is 10.5 Å². The van der Waals surface area contributed by atoms with Crippen molar-refractivity contribution in [2.45, 2.75) is 46.0 Å². The van der Waals surface area contributed by atoms with Crippen molar-refractivity contribution in [1.82, 2.24) is 0 Å². The molecule has 1 aromatic heterocycles. The van der Waals surface area contributed by atoms with Gasteiger partial charge in [0, 0.05) is 22.2 Å². The largest absolute Gasteiger partial charge is 1.00 e. The van der Waals surface area contributed by atoms with Crippen LogP contribution in [0, 0.1) is 22.7 Å². The van der Waals surface area contributed by atoms with E-state index >= 15 is 0 Å². The number of allylic oxidation sites excluding steroid dienone is 1. The Morgan fingerprint density at radius 3 is 2.46 bits per heavy atom. The fraction of sp³-hybridized carbons (Fsp3) is 0.308. The van der Waals surface area contributed by atoms with Crippen LogP contribution in [0.1, 0.15) is 58.6 Å². The van der Waals surface area contributed by atoms with Crippen LogP contribution in [-0.2, 0) is 28.8 Å². The van der Waals surface area contributed by atoms with Crippen LogP contribution in [-0.4, -0.2) is 18.4 Å². The molecule has 0 radical (unpaired) electrons. The van der Waals surface area contributed by atoms with E-state index in [1.807, 2.05) is 19.1 Å². The average molecular weight is 514 g/mol. The van der Waals surface area contributed by atoms with E-state index in [0.29, 0.717) is 16.1 Å². The van der Waals surface area contributed by atoms with Gasteiger partial charge in [-0.3, -0.25) is 4.79 Å². The number of anilines is 1. The number of ether oxygens (including phenoxy) is 1. The molecule has 0 atom stereocenters. The average Bonchev–Trinajstić information content (AvgIpc) is 3.21. The summed E-state index contributed by atoms with van der Waals surface area (Å²) in [5.41, 5.74) is 1.78. The van der Waals surface area contributed by atoms with Crippen LogP contribution in [0.3, 0.4) is 0 Å². The van der Waals surface area contributed by atoms with E-state index in [0.717, 1.165) is 54.2 Å². The molecule has 0 bridgehead atoms. The van der Waals surface area contributed by atoms with Gasteiger partial charge < -0.3 is 15.2 Å². The molecule has 0 unspecified atom stereocenters. The second-order valence-electron chi connectivity index (χ2n) is 7.66. The smallest absolute Gasteiger partial charge is 0.870 e. The molecule has 174 valence electrons. The Hall–Kier alpha value is -2.24. The number of nitrogens with one attached hydrogen (secondary N) is 1. The minimum absolute atomic E-state index is 0. The fourth-order valence-corrected chi connectivity index (χ4v) is 4.95. The summed E-state index contributed by atoms with van der Waals surface area (Å²) >= 11 is 1.35. The molecule has 7 nitrogen and oxygen atoms in total. The number of carbonyl (C=O) groups is 2. The molecule has 2 aromatic rings. The minimum Gasteiger partial charge on any atom is -0.870 e. The number of ketones is 1. The molecule has 0 saturated carbocycles. The first-order valence-corrected chi connectivity index (χ1v) is 11.9. The number of hydrogen-bond donors (Lipinski definition) is 1. The fourth-order valence-electron chi connectivity index (χ4n) is 3.70. The summed E-state index contributed by atoms with van der Waals surface area (Å²) in [6, 6.07) is 10.7. The molecule has 1 aromatic carbocycles. The van der Waals surface area contributed by atoms with Crippen molar-refractivity contribution in [3.05, 3.63) is 74.5 Å². The number of esters is 1. The monoisotopic (exact) mass is 513 g/mol. The van der Waals surface area contributed by atoms with Crippen molar-refractivity contribution >= 4 is 28.1 Å². The number of benzene rings is 1. The quantitative estimate of drug-likeness (QED) is 0.106. The Kier molecular flexibility index (Phi) is 11.4. The summed E-state index contributed by atoms with van der Waals surface area (Å²) in [6.07, 6.45) is 5.48. The van der Waals surface area contributed by atoms with Gasteiger partial charge in [-0.25, -0.2) is 4.79 Å². The molecule has 0 fully saturated rings. The second-order valence-corrected chi connectivity index (χ2v) is 8.77. The molecule has 3 rings (SSSR count). The van der Waals surface area contributed by atoms with Gasteiger partial charge in [0.25, 0.3) is 0 Å². The zero-order valence-electron chi connectivity index (χ0n) is 20.1. The van der Waals surface area contributed by atoms with E-state index in [9.17, 15) is 25.2 Å². The standard InChI is InChI=1S/C26H25N3O4S.K/c1-3-16-9-11-17(12-10-16)22(30)13-21(24(31)20(15-28)26(32)33-4-2)29-25-19(14-27)18-7-5-6-8-23(18)34-25;/h9-13,29,31H,3-8H2,1-2H3;/q;+1/p-1. The van der Waals surface area contributed by atoms with Crippen LogP contribution < -0.4 is 61.8 Å². The van der Waals surface area contributed by atoms with E-state index in [4.69, 9.17) is 4.74 Å². The molecule has 0 amide bonds. The van der Waals surface area contributed by atoms with Crippen molar-refractivity contribution < 1.29 is 70.8 Å². The number of fused-ring (bicyclic) bond motifs is 1. The van der Waals surface area contributed by atoms with Crippen LogP contribution in [0.4, 0.5) is 5.00 Å². The van der Waals surface area contributed by atoms with Crippen molar-refractivity contribution in [3.63, 3.8) is 0 Å². The normalized spacial score (nSPS) is 13.3. The maximum atomic E-state index is 13.2. The van der Waals surface area contributed by atoms with Gasteiger partial charge in [-0.15, -0.1) is 11.3 Å². The molecule has 9 heteroatoms. The summed E-state index contributed by atoms with van der Waals surface area (Å²) in [5.74, 6) is -2.50. The van der Waals surface area contributed by atoms with Gasteiger partial charge in [0.05, 0.1) is 12.2 Å². The zero-order valence-corrected chi connectivity index (χ0v) is 24.0. The number of nitriles is 2. The van der Waals surface area contributed by atoms with Gasteiger partial charge >= 0.3 is 57.4 Å². The van der Waals surface area contributed by atoms with E-state index in [2.05, 4.69) is 11.4 Å². The van der Waals surface area contributed by atoms with Crippen LogP contribution >= 0.6 is 11.3 Å². The van der Waals surface area contributed by atoms with E-state index in [1.54, 1.807) is 25.1 Å². The molecule has 0 spiro atoms. The van der Waals surface area contributed by atoms with Crippen molar-refractivity contribution in [3.8, 4) is 12.1 Å². The van der Waals surface area contributed by atoms with E-state index in [1.165, 1.54) is 11.3 Å². The van der Waals surface area contributed by atoms with Crippen LogP contribution in [0.15, 0.2) is 47.4 Å². The SMILES string of the molecule is CCOC(=O)C(C#N)=C([O-])C(=CC(=O)c1ccc(CC)cc1)Nc1sc2c(c1C#N)CCCC2.[K+]. The van der Waals surface area contributed by atoms with Gasteiger partial charge in [-0.1, -0.05) is 36.9 Å². The molecule has 1 aliphatic rings. The topological polar surface area (TPSA) is 126 Å².